The third-order valence-corrected chi connectivity index (χ3v) is 6.97. The number of rotatable bonds is 6. The number of likely N-dealkylation sites (tertiary alicyclic amines) is 1. The van der Waals surface area contributed by atoms with Crippen LogP contribution in [0, 0.1) is 13.8 Å². The first kappa shape index (κ1) is 23.1. The van der Waals surface area contributed by atoms with Crippen LogP contribution in [-0.2, 0) is 11.3 Å². The Balaban J connectivity index is 1.13. The molecule has 1 amide bonds. The van der Waals surface area contributed by atoms with Gasteiger partial charge in [-0.2, -0.15) is 0 Å². The highest BCUT2D eigenvalue weighted by molar-refractivity contribution is 5.92. The normalized spacial score (nSPS) is 15.1. The molecule has 5 rings (SSSR count). The van der Waals surface area contributed by atoms with Crippen LogP contribution in [0.4, 0.5) is 0 Å². The van der Waals surface area contributed by atoms with Gasteiger partial charge in [0.1, 0.15) is 5.82 Å². The largest absolute Gasteiger partial charge is 0.350 e. The molecule has 35 heavy (non-hydrogen) atoms. The highest BCUT2D eigenvalue weighted by atomic mass is 16.1. The third kappa shape index (κ3) is 5.52. The Hall–Kier alpha value is -3.70. The molecule has 5 heteroatoms. The number of amides is 1. The van der Waals surface area contributed by atoms with E-state index in [0.29, 0.717) is 0 Å². The lowest BCUT2D eigenvalue weighted by Gasteiger charge is -2.32. The molecule has 1 aliphatic rings. The van der Waals surface area contributed by atoms with Gasteiger partial charge in [-0.25, -0.2) is 4.98 Å². The highest BCUT2D eigenvalue weighted by Crippen LogP contribution is 2.25. The predicted octanol–water partition coefficient (Wildman–Crippen LogP) is 5.64. The second kappa shape index (κ2) is 10.3. The Bertz CT molecular complexity index is 1330. The maximum Gasteiger partial charge on any atom is 0.244 e. The molecule has 1 aromatic heterocycles. The molecule has 1 saturated heterocycles. The molecule has 2 N–H and O–H groups in total. The van der Waals surface area contributed by atoms with E-state index in [1.165, 1.54) is 16.7 Å². The van der Waals surface area contributed by atoms with Crippen LogP contribution < -0.4 is 5.32 Å². The molecule has 0 unspecified atom stereocenters. The average Bonchev–Trinajstić information content (AvgIpc) is 3.32. The Morgan fingerprint density at radius 1 is 1.03 bits per heavy atom. The van der Waals surface area contributed by atoms with Crippen molar-refractivity contribution in [3.8, 4) is 11.4 Å². The van der Waals surface area contributed by atoms with Crippen molar-refractivity contribution in [2.45, 2.75) is 39.3 Å². The molecule has 0 aliphatic carbocycles. The number of aromatic amines is 1. The van der Waals surface area contributed by atoms with Crippen molar-refractivity contribution in [1.29, 1.82) is 0 Å². The number of nitrogens with zero attached hydrogens (tertiary/aromatic N) is 2. The predicted molar refractivity (Wildman–Crippen MR) is 143 cm³/mol. The summed E-state index contributed by atoms with van der Waals surface area (Å²) in [6.45, 7) is 7.20. The van der Waals surface area contributed by atoms with E-state index in [-0.39, 0.29) is 11.9 Å². The summed E-state index contributed by atoms with van der Waals surface area (Å²) in [6, 6.07) is 23.1. The Labute approximate surface area is 206 Å². The van der Waals surface area contributed by atoms with Crippen LogP contribution >= 0.6 is 0 Å². The highest BCUT2D eigenvalue weighted by Gasteiger charge is 2.20. The SMILES string of the molecule is Cc1ccc2[nH]c(-c3ccc(/C=C/C(=O)NC4CCN(Cc5ccccc5)CC4)cc3)nc2c1C. The number of carbonyl (C=O) groups is 1. The molecule has 0 radical (unpaired) electrons. The van der Waals surface area contributed by atoms with Gasteiger partial charge in [-0.3, -0.25) is 9.69 Å². The van der Waals surface area contributed by atoms with Crippen molar-refractivity contribution in [2.24, 2.45) is 0 Å². The fourth-order valence-corrected chi connectivity index (χ4v) is 4.70. The lowest BCUT2D eigenvalue weighted by Crippen LogP contribution is -2.43. The molecule has 3 aromatic carbocycles. The topological polar surface area (TPSA) is 61.0 Å². The molecule has 1 fully saturated rings. The molecular formula is C30H32N4O. The number of benzene rings is 3. The number of fused-ring (bicyclic) bond motifs is 1. The first-order valence-corrected chi connectivity index (χ1v) is 12.4. The number of piperidine rings is 1. The molecule has 2 heterocycles. The summed E-state index contributed by atoms with van der Waals surface area (Å²) in [5.41, 5.74) is 7.88. The van der Waals surface area contributed by atoms with E-state index in [2.05, 4.69) is 71.5 Å². The van der Waals surface area contributed by atoms with Gasteiger partial charge in [-0.15, -0.1) is 0 Å². The molecule has 0 spiro atoms. The number of aromatic nitrogens is 2. The minimum atomic E-state index is -0.0290. The number of hydrogen-bond donors (Lipinski definition) is 2. The number of nitrogens with one attached hydrogen (secondary N) is 2. The summed E-state index contributed by atoms with van der Waals surface area (Å²) in [7, 11) is 0. The van der Waals surface area contributed by atoms with Crippen molar-refractivity contribution in [2.75, 3.05) is 13.1 Å². The lowest BCUT2D eigenvalue weighted by atomic mass is 10.0. The van der Waals surface area contributed by atoms with Crippen LogP contribution in [0.5, 0.6) is 0 Å². The van der Waals surface area contributed by atoms with Gasteiger partial charge in [0, 0.05) is 37.3 Å². The van der Waals surface area contributed by atoms with Crippen molar-refractivity contribution >= 4 is 23.0 Å². The lowest BCUT2D eigenvalue weighted by molar-refractivity contribution is -0.117. The Morgan fingerprint density at radius 2 is 1.77 bits per heavy atom. The first-order valence-electron chi connectivity index (χ1n) is 12.4. The molecular weight excluding hydrogens is 432 g/mol. The maximum absolute atomic E-state index is 12.5. The van der Waals surface area contributed by atoms with Gasteiger partial charge in [0.15, 0.2) is 0 Å². The zero-order valence-electron chi connectivity index (χ0n) is 20.4. The molecule has 0 atom stereocenters. The average molecular weight is 465 g/mol. The quantitative estimate of drug-likeness (QED) is 0.363. The third-order valence-electron chi connectivity index (χ3n) is 6.97. The van der Waals surface area contributed by atoms with Crippen molar-refractivity contribution in [1.82, 2.24) is 20.2 Å². The van der Waals surface area contributed by atoms with Gasteiger partial charge >= 0.3 is 0 Å². The summed E-state index contributed by atoms with van der Waals surface area (Å²) in [4.78, 5) is 23.2. The molecule has 1 aliphatic heterocycles. The molecule has 0 saturated carbocycles. The van der Waals surface area contributed by atoms with Crippen LogP contribution in [-0.4, -0.2) is 39.9 Å². The van der Waals surface area contributed by atoms with E-state index in [4.69, 9.17) is 4.98 Å². The summed E-state index contributed by atoms with van der Waals surface area (Å²) in [5, 5.41) is 3.17. The minimum absolute atomic E-state index is 0.0290. The maximum atomic E-state index is 12.5. The van der Waals surface area contributed by atoms with Crippen LogP contribution in [0.3, 0.4) is 0 Å². The fraction of sp³-hybridized carbons (Fsp3) is 0.267. The summed E-state index contributed by atoms with van der Waals surface area (Å²) < 4.78 is 0. The zero-order valence-corrected chi connectivity index (χ0v) is 20.4. The number of imidazole rings is 1. The molecule has 178 valence electrons. The Morgan fingerprint density at radius 3 is 2.51 bits per heavy atom. The van der Waals surface area contributed by atoms with Crippen LogP contribution in [0.15, 0.2) is 72.8 Å². The van der Waals surface area contributed by atoms with E-state index in [1.807, 2.05) is 30.3 Å². The van der Waals surface area contributed by atoms with E-state index in [1.54, 1.807) is 6.08 Å². The van der Waals surface area contributed by atoms with Crippen molar-refractivity contribution < 1.29 is 4.79 Å². The van der Waals surface area contributed by atoms with Crippen LogP contribution in [0.2, 0.25) is 0 Å². The van der Waals surface area contributed by atoms with Crippen LogP contribution in [0.1, 0.15) is 35.1 Å². The summed E-state index contributed by atoms with van der Waals surface area (Å²) >= 11 is 0. The van der Waals surface area contributed by atoms with Crippen LogP contribution in [0.25, 0.3) is 28.5 Å². The van der Waals surface area contributed by atoms with Gasteiger partial charge < -0.3 is 10.3 Å². The zero-order chi connectivity index (χ0) is 24.2. The number of aryl methyl sites for hydroxylation is 2. The monoisotopic (exact) mass is 464 g/mol. The minimum Gasteiger partial charge on any atom is -0.350 e. The van der Waals surface area contributed by atoms with Crippen molar-refractivity contribution in [3.05, 3.63) is 95.1 Å². The fourth-order valence-electron chi connectivity index (χ4n) is 4.70. The van der Waals surface area contributed by atoms with Gasteiger partial charge in [0.25, 0.3) is 0 Å². The Kier molecular flexibility index (Phi) is 6.77. The number of hydrogen-bond acceptors (Lipinski definition) is 3. The van der Waals surface area contributed by atoms with Gasteiger partial charge in [0.05, 0.1) is 11.0 Å². The van der Waals surface area contributed by atoms with E-state index >= 15 is 0 Å². The van der Waals surface area contributed by atoms with E-state index in [0.717, 1.165) is 60.5 Å². The molecule has 5 nitrogen and oxygen atoms in total. The smallest absolute Gasteiger partial charge is 0.244 e. The van der Waals surface area contributed by atoms with E-state index in [9.17, 15) is 4.79 Å². The number of H-pyrrole nitrogens is 1. The van der Waals surface area contributed by atoms with Gasteiger partial charge in [-0.1, -0.05) is 60.7 Å². The summed E-state index contributed by atoms with van der Waals surface area (Å²) in [6.07, 6.45) is 5.48. The van der Waals surface area contributed by atoms with Crippen molar-refractivity contribution in [3.63, 3.8) is 0 Å². The molecule has 0 bridgehead atoms. The summed E-state index contributed by atoms with van der Waals surface area (Å²) in [5.74, 6) is 0.833. The second-order valence-electron chi connectivity index (χ2n) is 9.49. The van der Waals surface area contributed by atoms with E-state index < -0.39 is 0 Å². The standard InChI is InChI=1S/C30H32N4O/c1-21-8-14-27-29(22(21)2)33-30(32-27)25-12-9-23(10-13-25)11-15-28(35)31-26-16-18-34(19-17-26)20-24-6-4-3-5-7-24/h3-15,26H,16-20H2,1-2H3,(H,31,35)(H,32,33)/b15-11+. The van der Waals surface area contributed by atoms with Gasteiger partial charge in [-0.05, 0) is 61.1 Å². The first-order chi connectivity index (χ1) is 17.0. The second-order valence-corrected chi connectivity index (χ2v) is 9.49. The van der Waals surface area contributed by atoms with Gasteiger partial charge in [0.2, 0.25) is 5.91 Å². The number of carbonyl (C=O) groups excluding carboxylic acids is 1. The molecule has 4 aromatic rings.